The molecule has 0 saturated heterocycles. The van der Waals surface area contributed by atoms with Crippen molar-refractivity contribution in [2.24, 2.45) is 0 Å². The highest BCUT2D eigenvalue weighted by Crippen LogP contribution is 2.17. The summed E-state index contributed by atoms with van der Waals surface area (Å²) >= 11 is 0. The number of carbonyl (C=O) groups excluding carboxylic acids is 2. The number of esters is 1. The van der Waals surface area contributed by atoms with Crippen LogP contribution in [0.1, 0.15) is 284 Å². The number of hydrogen-bond acceptors (Lipinski definition) is 5. The van der Waals surface area contributed by atoms with Crippen LogP contribution in [0.25, 0.3) is 0 Å². The van der Waals surface area contributed by atoms with Crippen LogP contribution < -0.4 is 5.32 Å². The topological polar surface area (TPSA) is 95.9 Å². The second kappa shape index (κ2) is 50.1. The van der Waals surface area contributed by atoms with Gasteiger partial charge in [-0.2, -0.15) is 0 Å². The molecule has 0 fully saturated rings. The van der Waals surface area contributed by atoms with E-state index in [0.29, 0.717) is 19.3 Å². The van der Waals surface area contributed by atoms with Gasteiger partial charge in [-0.25, -0.2) is 0 Å². The third kappa shape index (κ3) is 44.7. The fourth-order valence-corrected chi connectivity index (χ4v) is 8.31. The van der Waals surface area contributed by atoms with Crippen LogP contribution in [0.15, 0.2) is 36.5 Å². The Morgan fingerprint density at radius 3 is 1.27 bits per heavy atom. The molecule has 6 nitrogen and oxygen atoms in total. The smallest absolute Gasteiger partial charge is 0.306 e. The van der Waals surface area contributed by atoms with Gasteiger partial charge in [0, 0.05) is 6.42 Å². The lowest BCUT2D eigenvalue weighted by Crippen LogP contribution is -2.46. The van der Waals surface area contributed by atoms with Crippen molar-refractivity contribution < 1.29 is 24.5 Å². The summed E-state index contributed by atoms with van der Waals surface area (Å²) in [6.45, 7) is 6.47. The fourth-order valence-electron chi connectivity index (χ4n) is 8.31. The molecule has 3 N–H and O–H groups in total. The van der Waals surface area contributed by atoms with Crippen LogP contribution in [0.2, 0.25) is 0 Å². The molecule has 0 saturated carbocycles. The van der Waals surface area contributed by atoms with Crippen LogP contribution in [0.5, 0.6) is 0 Å². The summed E-state index contributed by atoms with van der Waals surface area (Å²) in [4.78, 5) is 26.2. The molecule has 0 aromatic carbocycles. The van der Waals surface area contributed by atoms with Crippen LogP contribution >= 0.6 is 0 Å². The van der Waals surface area contributed by atoms with Gasteiger partial charge in [-0.1, -0.05) is 237 Å². The number of nitrogens with one attached hydrogen (secondary N) is 1. The van der Waals surface area contributed by atoms with Gasteiger partial charge in [0.1, 0.15) is 6.10 Å². The van der Waals surface area contributed by atoms with E-state index in [1.807, 2.05) is 0 Å². The maximum Gasteiger partial charge on any atom is 0.306 e. The molecular weight excluding hydrogens is 767 g/mol. The Bertz CT molecular complexity index is 1020. The van der Waals surface area contributed by atoms with E-state index in [9.17, 15) is 19.8 Å². The van der Waals surface area contributed by atoms with Gasteiger partial charge in [0.05, 0.1) is 25.2 Å². The van der Waals surface area contributed by atoms with E-state index < -0.39 is 18.2 Å². The zero-order valence-electron chi connectivity index (χ0n) is 41.5. The molecule has 0 aliphatic carbocycles. The van der Waals surface area contributed by atoms with E-state index in [1.54, 1.807) is 0 Å². The van der Waals surface area contributed by atoms with Gasteiger partial charge in [-0.05, 0) is 70.6 Å². The first-order valence-electron chi connectivity index (χ1n) is 27.2. The molecule has 62 heavy (non-hydrogen) atoms. The van der Waals surface area contributed by atoms with Crippen LogP contribution in [0.4, 0.5) is 0 Å². The first-order valence-corrected chi connectivity index (χ1v) is 27.2. The lowest BCUT2D eigenvalue weighted by Gasteiger charge is -2.24. The Kier molecular flexibility index (Phi) is 48.5. The Labute approximate surface area is 385 Å². The highest BCUT2D eigenvalue weighted by molar-refractivity contribution is 5.77. The first kappa shape index (κ1) is 60.1. The zero-order valence-corrected chi connectivity index (χ0v) is 41.5. The summed E-state index contributed by atoms with van der Waals surface area (Å²) < 4.78 is 5.92. The Morgan fingerprint density at radius 2 is 0.839 bits per heavy atom. The van der Waals surface area contributed by atoms with Crippen LogP contribution in [-0.4, -0.2) is 46.9 Å². The van der Waals surface area contributed by atoms with Crippen molar-refractivity contribution in [2.75, 3.05) is 6.61 Å². The molecule has 0 heterocycles. The summed E-state index contributed by atoms with van der Waals surface area (Å²) in [7, 11) is 0. The van der Waals surface area contributed by atoms with Gasteiger partial charge in [0.2, 0.25) is 5.91 Å². The number of ether oxygens (including phenoxy) is 1. The van der Waals surface area contributed by atoms with E-state index in [0.717, 1.165) is 57.8 Å². The minimum atomic E-state index is -0.798. The second-order valence-electron chi connectivity index (χ2n) is 18.7. The third-order valence-electron chi connectivity index (χ3n) is 12.5. The molecule has 0 aliphatic heterocycles. The lowest BCUT2D eigenvalue weighted by molar-refractivity contribution is -0.151. The molecule has 3 unspecified atom stereocenters. The number of carbonyl (C=O) groups is 2. The SMILES string of the molecule is CCCCCCCC/C=C/CCCCCCCCCC(=O)OC(CCC/C=C/C=C/CCCCCCCCC)CC(=O)NC(CO)C(O)CCCCCCCCCCCCCC. The number of aliphatic hydroxyl groups is 2. The molecule has 0 aliphatic rings. The summed E-state index contributed by atoms with van der Waals surface area (Å²) in [5.74, 6) is -0.516. The second-order valence-corrected chi connectivity index (χ2v) is 18.7. The summed E-state index contributed by atoms with van der Waals surface area (Å²) in [5.41, 5.74) is 0. The van der Waals surface area contributed by atoms with E-state index in [1.165, 1.54) is 180 Å². The van der Waals surface area contributed by atoms with Crippen molar-refractivity contribution in [3.8, 4) is 0 Å². The maximum absolute atomic E-state index is 13.2. The molecule has 1 amide bonds. The van der Waals surface area contributed by atoms with Gasteiger partial charge < -0.3 is 20.3 Å². The number of aliphatic hydroxyl groups excluding tert-OH is 2. The van der Waals surface area contributed by atoms with Gasteiger partial charge >= 0.3 is 5.97 Å². The highest BCUT2D eigenvalue weighted by atomic mass is 16.5. The normalized spacial score (nSPS) is 13.4. The fraction of sp³-hybridized carbons (Fsp3) is 0.857. The third-order valence-corrected chi connectivity index (χ3v) is 12.5. The number of amides is 1. The molecule has 3 atom stereocenters. The molecule has 0 rings (SSSR count). The van der Waals surface area contributed by atoms with Crippen LogP contribution in [0.3, 0.4) is 0 Å². The van der Waals surface area contributed by atoms with Crippen molar-refractivity contribution in [1.29, 1.82) is 0 Å². The van der Waals surface area contributed by atoms with Gasteiger partial charge in [-0.15, -0.1) is 0 Å². The molecule has 0 bridgehead atoms. The van der Waals surface area contributed by atoms with Gasteiger partial charge in [-0.3, -0.25) is 9.59 Å². The Morgan fingerprint density at radius 1 is 0.468 bits per heavy atom. The summed E-state index contributed by atoms with van der Waals surface area (Å²) in [6, 6.07) is -0.714. The van der Waals surface area contributed by atoms with Gasteiger partial charge in [0.25, 0.3) is 0 Å². The lowest BCUT2D eigenvalue weighted by atomic mass is 10.0. The quantitative estimate of drug-likeness (QED) is 0.0245. The number of unbranched alkanes of at least 4 members (excludes halogenated alkanes) is 32. The number of rotatable bonds is 49. The zero-order chi connectivity index (χ0) is 45.2. The monoisotopic (exact) mass is 872 g/mol. The largest absolute Gasteiger partial charge is 0.462 e. The number of hydrogen-bond donors (Lipinski definition) is 3. The van der Waals surface area contributed by atoms with Crippen molar-refractivity contribution in [2.45, 2.75) is 302 Å². The van der Waals surface area contributed by atoms with Crippen LogP contribution in [-0.2, 0) is 14.3 Å². The highest BCUT2D eigenvalue weighted by Gasteiger charge is 2.24. The van der Waals surface area contributed by atoms with Crippen LogP contribution in [0, 0.1) is 0 Å². The predicted octanol–water partition coefficient (Wildman–Crippen LogP) is 16.5. The van der Waals surface area contributed by atoms with Crippen molar-refractivity contribution >= 4 is 11.9 Å². The average molecular weight is 872 g/mol. The van der Waals surface area contributed by atoms with E-state index in [4.69, 9.17) is 4.74 Å². The number of allylic oxidation sites excluding steroid dienone is 6. The standard InChI is InChI=1S/C56H105NO5/c1-4-7-10-13-16-19-22-25-27-28-29-31-34-37-40-43-46-49-56(61)62-52(47-44-41-38-35-32-30-26-23-20-17-14-11-8-5-2)50-55(60)57-53(51-58)54(59)48-45-42-39-36-33-24-21-18-15-12-9-6-3/h25,27,30,32,35,38,52-54,58-59H,4-24,26,28-29,31,33-34,36-37,39-51H2,1-3H3,(H,57,60)/b27-25+,32-30+,38-35+. The van der Waals surface area contributed by atoms with E-state index >= 15 is 0 Å². The maximum atomic E-state index is 13.2. The van der Waals surface area contributed by atoms with Gasteiger partial charge in [0.15, 0.2) is 0 Å². The molecule has 364 valence electrons. The van der Waals surface area contributed by atoms with Crippen molar-refractivity contribution in [3.05, 3.63) is 36.5 Å². The summed E-state index contributed by atoms with van der Waals surface area (Å²) in [5, 5.41) is 23.8. The minimum Gasteiger partial charge on any atom is -0.462 e. The van der Waals surface area contributed by atoms with Crippen molar-refractivity contribution in [1.82, 2.24) is 5.32 Å². The van der Waals surface area contributed by atoms with E-state index in [-0.39, 0.29) is 24.9 Å². The first-order chi connectivity index (χ1) is 30.5. The molecule has 0 aromatic rings. The summed E-state index contributed by atoms with van der Waals surface area (Å²) in [6.07, 6.45) is 59.2. The predicted molar refractivity (Wildman–Crippen MR) is 269 cm³/mol. The van der Waals surface area contributed by atoms with E-state index in [2.05, 4.69) is 62.5 Å². The molecule has 0 aromatic heterocycles. The molecule has 0 spiro atoms. The Hall–Kier alpha value is -1.92. The molecule has 6 heteroatoms. The molecule has 0 radical (unpaired) electrons. The molecular formula is C56H105NO5. The Balaban J connectivity index is 4.60. The minimum absolute atomic E-state index is 0.0455. The average Bonchev–Trinajstić information content (AvgIpc) is 3.26. The van der Waals surface area contributed by atoms with Crippen molar-refractivity contribution in [3.63, 3.8) is 0 Å².